The summed E-state index contributed by atoms with van der Waals surface area (Å²) >= 11 is 0. The number of hydrogen-bond donors (Lipinski definition) is 0. The van der Waals surface area contributed by atoms with Crippen molar-refractivity contribution < 1.29 is 0 Å². The Labute approximate surface area is 170 Å². The van der Waals surface area contributed by atoms with Gasteiger partial charge in [0.15, 0.2) is 0 Å². The highest BCUT2D eigenvalue weighted by Gasteiger charge is 2.10. The second-order valence-electron chi connectivity index (χ2n) is 9.06. The van der Waals surface area contributed by atoms with Gasteiger partial charge in [0.2, 0.25) is 0 Å². The van der Waals surface area contributed by atoms with Gasteiger partial charge in [-0.1, -0.05) is 55.3 Å². The molecule has 2 unspecified atom stereocenters. The van der Waals surface area contributed by atoms with Crippen LogP contribution in [0.15, 0.2) is 41.5 Å². The van der Waals surface area contributed by atoms with E-state index in [1.807, 2.05) is 0 Å². The average molecular weight is 368 g/mol. The molecular formula is C27H43. The van der Waals surface area contributed by atoms with Gasteiger partial charge in [0, 0.05) is 0 Å². The summed E-state index contributed by atoms with van der Waals surface area (Å²) in [6, 6.07) is 6.71. The molecule has 1 radical (unpaired) electrons. The molecule has 0 aliphatic rings. The van der Waals surface area contributed by atoms with E-state index in [0.29, 0.717) is 0 Å². The van der Waals surface area contributed by atoms with Crippen molar-refractivity contribution in [2.45, 2.75) is 92.9 Å². The van der Waals surface area contributed by atoms with Crippen LogP contribution in [0, 0.1) is 18.8 Å². The molecule has 0 heterocycles. The highest BCUT2D eigenvalue weighted by Crippen LogP contribution is 2.24. The van der Waals surface area contributed by atoms with Gasteiger partial charge in [-0.3, -0.25) is 0 Å². The van der Waals surface area contributed by atoms with E-state index in [4.69, 9.17) is 0 Å². The third-order valence-electron chi connectivity index (χ3n) is 5.59. The van der Waals surface area contributed by atoms with Gasteiger partial charge < -0.3 is 0 Å². The third-order valence-corrected chi connectivity index (χ3v) is 5.59. The maximum Gasteiger partial charge on any atom is -0.0235 e. The van der Waals surface area contributed by atoms with E-state index >= 15 is 0 Å². The molecule has 0 aliphatic carbocycles. The van der Waals surface area contributed by atoms with Crippen molar-refractivity contribution in [3.63, 3.8) is 0 Å². The largest absolute Gasteiger partial charge is 0.0859 e. The summed E-state index contributed by atoms with van der Waals surface area (Å²) in [5, 5.41) is 0. The normalized spacial score (nSPS) is 13.1. The predicted octanol–water partition coefficient (Wildman–Crippen LogP) is 8.50. The van der Waals surface area contributed by atoms with E-state index in [1.54, 1.807) is 0 Å². The van der Waals surface area contributed by atoms with Gasteiger partial charge in [0.05, 0.1) is 0 Å². The van der Waals surface area contributed by atoms with Crippen molar-refractivity contribution >= 4 is 0 Å². The number of benzene rings is 1. The highest BCUT2D eigenvalue weighted by atomic mass is 14.2. The Balaban J connectivity index is 2.56. The van der Waals surface area contributed by atoms with Crippen LogP contribution in [0.4, 0.5) is 0 Å². The van der Waals surface area contributed by atoms with Crippen molar-refractivity contribution in [2.24, 2.45) is 11.8 Å². The Morgan fingerprint density at radius 2 is 1.33 bits per heavy atom. The van der Waals surface area contributed by atoms with Crippen LogP contribution < -0.4 is 0 Å². The smallest absolute Gasteiger partial charge is 0.0235 e. The zero-order valence-electron chi connectivity index (χ0n) is 18.9. The van der Waals surface area contributed by atoms with Crippen molar-refractivity contribution in [1.82, 2.24) is 0 Å². The lowest BCUT2D eigenvalue weighted by Gasteiger charge is -2.17. The quantitative estimate of drug-likeness (QED) is 0.325. The van der Waals surface area contributed by atoms with Gasteiger partial charge in [0.25, 0.3) is 0 Å². The molecular weight excluding hydrogens is 324 g/mol. The van der Waals surface area contributed by atoms with Crippen LogP contribution in [0.1, 0.15) is 96.8 Å². The third kappa shape index (κ3) is 10.6. The summed E-state index contributed by atoms with van der Waals surface area (Å²) in [5.41, 5.74) is 7.16. The Morgan fingerprint density at radius 3 is 1.85 bits per heavy atom. The maximum absolute atomic E-state index is 4.32. The van der Waals surface area contributed by atoms with E-state index in [1.165, 1.54) is 79.2 Å². The standard InChI is InChI=1S/C27H43/c1-21(2)11-8-13-23(5)17-19-26-16-10-15-25(7)27(26)20-18-24(6)14-9-12-22(3)4/h10-12,15-16,23-24H,7-9,13-14,17-20H2,1-6H3. The minimum absolute atomic E-state index is 0.774. The molecule has 0 amide bonds. The van der Waals surface area contributed by atoms with E-state index in [-0.39, 0.29) is 0 Å². The van der Waals surface area contributed by atoms with Crippen molar-refractivity contribution in [2.75, 3.05) is 0 Å². The van der Waals surface area contributed by atoms with Gasteiger partial charge in [-0.05, 0) is 115 Å². The van der Waals surface area contributed by atoms with Crippen molar-refractivity contribution in [3.8, 4) is 0 Å². The average Bonchev–Trinajstić information content (AvgIpc) is 2.58. The van der Waals surface area contributed by atoms with E-state index in [9.17, 15) is 0 Å². The predicted molar refractivity (Wildman–Crippen MR) is 123 cm³/mol. The van der Waals surface area contributed by atoms with Gasteiger partial charge in [-0.2, -0.15) is 0 Å². The first-order valence-corrected chi connectivity index (χ1v) is 11.0. The first-order chi connectivity index (χ1) is 12.8. The summed E-state index contributed by atoms with van der Waals surface area (Å²) in [6.45, 7) is 17.9. The maximum atomic E-state index is 4.32. The van der Waals surface area contributed by atoms with Crippen molar-refractivity contribution in [1.29, 1.82) is 0 Å². The Morgan fingerprint density at radius 1 is 0.815 bits per heavy atom. The van der Waals surface area contributed by atoms with Crippen LogP contribution >= 0.6 is 0 Å². The minimum atomic E-state index is 0.774. The summed E-state index contributed by atoms with van der Waals surface area (Å²) in [5.74, 6) is 1.56. The summed E-state index contributed by atoms with van der Waals surface area (Å²) in [6.07, 6.45) is 14.7. The number of aryl methyl sites for hydroxylation is 1. The molecule has 0 fully saturated rings. The fraction of sp³-hybridized carbons (Fsp3) is 0.593. The monoisotopic (exact) mass is 367 g/mol. The second kappa shape index (κ2) is 13.0. The summed E-state index contributed by atoms with van der Waals surface area (Å²) in [4.78, 5) is 0. The molecule has 0 heteroatoms. The van der Waals surface area contributed by atoms with E-state index < -0.39 is 0 Å². The topological polar surface area (TPSA) is 0 Å². The minimum Gasteiger partial charge on any atom is -0.0859 e. The van der Waals surface area contributed by atoms with Crippen LogP contribution in [0.5, 0.6) is 0 Å². The second-order valence-corrected chi connectivity index (χ2v) is 9.06. The van der Waals surface area contributed by atoms with Gasteiger partial charge >= 0.3 is 0 Å². The van der Waals surface area contributed by atoms with Crippen LogP contribution in [0.25, 0.3) is 0 Å². The fourth-order valence-electron chi connectivity index (χ4n) is 3.64. The zero-order valence-corrected chi connectivity index (χ0v) is 18.9. The summed E-state index contributed by atoms with van der Waals surface area (Å²) < 4.78 is 0. The summed E-state index contributed by atoms with van der Waals surface area (Å²) in [7, 11) is 0. The molecule has 0 saturated carbocycles. The lowest BCUT2D eigenvalue weighted by Crippen LogP contribution is -2.04. The first-order valence-electron chi connectivity index (χ1n) is 11.0. The molecule has 0 nitrogen and oxygen atoms in total. The molecule has 27 heavy (non-hydrogen) atoms. The van der Waals surface area contributed by atoms with E-state index in [2.05, 4.69) is 78.8 Å². The molecule has 0 bridgehead atoms. The molecule has 0 spiro atoms. The van der Waals surface area contributed by atoms with Crippen LogP contribution in [-0.4, -0.2) is 0 Å². The van der Waals surface area contributed by atoms with Crippen LogP contribution in [0.3, 0.4) is 0 Å². The lowest BCUT2D eigenvalue weighted by molar-refractivity contribution is 0.487. The van der Waals surface area contributed by atoms with Gasteiger partial charge in [-0.25, -0.2) is 0 Å². The van der Waals surface area contributed by atoms with Crippen molar-refractivity contribution in [3.05, 3.63) is 65.1 Å². The fourth-order valence-corrected chi connectivity index (χ4v) is 3.64. The molecule has 1 aromatic rings. The highest BCUT2D eigenvalue weighted by molar-refractivity contribution is 5.37. The molecule has 1 aromatic carbocycles. The molecule has 2 atom stereocenters. The number of hydrogen-bond acceptors (Lipinski definition) is 0. The Kier molecular flexibility index (Phi) is 11.4. The van der Waals surface area contributed by atoms with Crippen LogP contribution in [0.2, 0.25) is 0 Å². The zero-order chi connectivity index (χ0) is 20.2. The van der Waals surface area contributed by atoms with E-state index in [0.717, 1.165) is 11.8 Å². The van der Waals surface area contributed by atoms with Gasteiger partial charge in [-0.15, -0.1) is 0 Å². The number of allylic oxidation sites excluding steroid dienone is 4. The molecule has 1 rings (SSSR count). The SMILES string of the molecule is [CH2]c1cccc(CCC(C)CCC=C(C)C)c1CCC(C)CCC=C(C)C. The molecule has 0 N–H and O–H groups in total. The molecule has 0 aromatic heterocycles. The first kappa shape index (κ1) is 23.7. The molecule has 0 saturated heterocycles. The molecule has 0 aliphatic heterocycles. The van der Waals surface area contributed by atoms with Crippen LogP contribution in [-0.2, 0) is 12.8 Å². The Bertz CT molecular complexity index is 594. The lowest BCUT2D eigenvalue weighted by atomic mass is 9.88. The number of rotatable bonds is 12. The van der Waals surface area contributed by atoms with Gasteiger partial charge in [0.1, 0.15) is 0 Å². The molecule has 151 valence electrons. The Hall–Kier alpha value is -1.30.